The summed E-state index contributed by atoms with van der Waals surface area (Å²) in [6.45, 7) is 2.85. The molecule has 1 saturated heterocycles. The van der Waals surface area contributed by atoms with E-state index < -0.39 is 0 Å². The molecule has 3 aromatic heterocycles. The van der Waals surface area contributed by atoms with E-state index in [4.69, 9.17) is 11.5 Å². The Morgan fingerprint density at radius 3 is 2.96 bits per heavy atom. The lowest BCUT2D eigenvalue weighted by molar-refractivity contribution is 0.316. The number of fused-ring (bicyclic) bond motifs is 1. The fourth-order valence-electron chi connectivity index (χ4n) is 3.13. The second-order valence-electron chi connectivity index (χ2n) is 5.95. The Balaban J connectivity index is 1.53. The largest absolute Gasteiger partial charge is 0.382 e. The molecule has 0 radical (unpaired) electrons. The number of aryl methyl sites for hydroxylation is 1. The molecule has 0 aromatic carbocycles. The minimum Gasteiger partial charge on any atom is -0.382 e. The van der Waals surface area contributed by atoms with Gasteiger partial charge in [0.2, 0.25) is 5.95 Å². The van der Waals surface area contributed by atoms with Crippen LogP contribution in [0.2, 0.25) is 0 Å². The zero-order chi connectivity index (χ0) is 16.0. The van der Waals surface area contributed by atoms with Crippen molar-refractivity contribution in [1.29, 1.82) is 0 Å². The van der Waals surface area contributed by atoms with Crippen molar-refractivity contribution < 1.29 is 0 Å². The average Bonchev–Trinajstić information content (AvgIpc) is 3.20. The lowest BCUT2D eigenvalue weighted by Crippen LogP contribution is -2.21. The van der Waals surface area contributed by atoms with Gasteiger partial charge in [-0.05, 0) is 19.0 Å². The van der Waals surface area contributed by atoms with Crippen LogP contribution in [0, 0.1) is 0 Å². The van der Waals surface area contributed by atoms with E-state index in [9.17, 15) is 0 Å². The number of anilines is 2. The van der Waals surface area contributed by atoms with Gasteiger partial charge in [0, 0.05) is 32.3 Å². The second kappa shape index (κ2) is 5.20. The summed E-state index contributed by atoms with van der Waals surface area (Å²) in [6.07, 6.45) is 2.87. The van der Waals surface area contributed by atoms with Crippen molar-refractivity contribution in [3.63, 3.8) is 0 Å². The molecule has 1 aliphatic heterocycles. The van der Waals surface area contributed by atoms with Crippen molar-refractivity contribution in [1.82, 2.24) is 34.6 Å². The summed E-state index contributed by atoms with van der Waals surface area (Å²) in [4.78, 5) is 18.3. The van der Waals surface area contributed by atoms with E-state index in [2.05, 4.69) is 29.9 Å². The molecule has 0 bridgehead atoms. The van der Waals surface area contributed by atoms with Gasteiger partial charge in [0.05, 0.1) is 5.69 Å². The monoisotopic (exact) mass is 313 g/mol. The molecule has 0 saturated carbocycles. The Morgan fingerprint density at radius 2 is 2.17 bits per heavy atom. The van der Waals surface area contributed by atoms with E-state index in [-0.39, 0.29) is 5.95 Å². The number of imidazole rings is 1. The first-order chi connectivity index (χ1) is 11.1. The molecule has 4 rings (SSSR count). The van der Waals surface area contributed by atoms with Crippen molar-refractivity contribution in [3.8, 4) is 0 Å². The predicted octanol–water partition coefficient (Wildman–Crippen LogP) is 0.240. The highest BCUT2D eigenvalue weighted by atomic mass is 15.3. The number of hydrogen-bond donors (Lipinski definition) is 3. The van der Waals surface area contributed by atoms with Crippen LogP contribution >= 0.6 is 0 Å². The number of nitrogens with zero attached hydrogens (tertiary/aromatic N) is 6. The molecule has 1 unspecified atom stereocenters. The van der Waals surface area contributed by atoms with Crippen LogP contribution in [0.3, 0.4) is 0 Å². The standard InChI is InChI=1S/C14H19N9/c1-22-9(2-4-17-22)7-23-5-3-8(6-23)12-18-10-11(15)19-14(16)21-13(10)20-12/h2,4,8H,3,5-7H2,1H3,(H5,15,16,18,19,20,21). The van der Waals surface area contributed by atoms with Gasteiger partial charge in [-0.3, -0.25) is 9.58 Å². The van der Waals surface area contributed by atoms with Crippen molar-refractivity contribution in [2.45, 2.75) is 18.9 Å². The van der Waals surface area contributed by atoms with Gasteiger partial charge in [-0.1, -0.05) is 0 Å². The van der Waals surface area contributed by atoms with Gasteiger partial charge < -0.3 is 16.5 Å². The molecule has 3 aromatic rings. The summed E-state index contributed by atoms with van der Waals surface area (Å²) in [7, 11) is 1.97. The molecule has 1 aliphatic rings. The summed E-state index contributed by atoms with van der Waals surface area (Å²) in [5.74, 6) is 1.73. The topological polar surface area (TPSA) is 128 Å². The number of nitrogens with one attached hydrogen (secondary N) is 1. The maximum absolute atomic E-state index is 5.88. The first kappa shape index (κ1) is 13.9. The fourth-order valence-corrected chi connectivity index (χ4v) is 3.13. The normalized spacial score (nSPS) is 18.9. The minimum absolute atomic E-state index is 0.150. The minimum atomic E-state index is 0.150. The third-order valence-electron chi connectivity index (χ3n) is 4.38. The Bertz CT molecular complexity index is 849. The van der Waals surface area contributed by atoms with Crippen LogP contribution in [-0.2, 0) is 13.6 Å². The molecular formula is C14H19N9. The number of H-pyrrole nitrogens is 1. The maximum atomic E-state index is 5.88. The third kappa shape index (κ3) is 2.48. The zero-order valence-corrected chi connectivity index (χ0v) is 12.9. The van der Waals surface area contributed by atoms with Crippen LogP contribution in [0.4, 0.5) is 11.8 Å². The molecule has 1 fully saturated rings. The van der Waals surface area contributed by atoms with Gasteiger partial charge in [-0.15, -0.1) is 0 Å². The smallest absolute Gasteiger partial charge is 0.224 e. The van der Waals surface area contributed by atoms with Crippen molar-refractivity contribution >= 4 is 22.9 Å². The van der Waals surface area contributed by atoms with Gasteiger partial charge in [0.25, 0.3) is 0 Å². The molecule has 0 aliphatic carbocycles. The fraction of sp³-hybridized carbons (Fsp3) is 0.429. The Hall–Kier alpha value is -2.68. The van der Waals surface area contributed by atoms with Gasteiger partial charge in [0.15, 0.2) is 11.5 Å². The number of nitrogens with two attached hydrogens (primary N) is 2. The highest BCUT2D eigenvalue weighted by Crippen LogP contribution is 2.28. The molecule has 0 spiro atoms. The van der Waals surface area contributed by atoms with Crippen LogP contribution in [0.25, 0.3) is 11.2 Å². The van der Waals surface area contributed by atoms with Crippen molar-refractivity contribution in [2.75, 3.05) is 24.6 Å². The van der Waals surface area contributed by atoms with Crippen LogP contribution < -0.4 is 11.5 Å². The first-order valence-corrected chi connectivity index (χ1v) is 7.58. The highest BCUT2D eigenvalue weighted by molar-refractivity contribution is 5.82. The maximum Gasteiger partial charge on any atom is 0.224 e. The summed E-state index contributed by atoms with van der Waals surface area (Å²) < 4.78 is 1.91. The van der Waals surface area contributed by atoms with E-state index in [1.807, 2.05) is 24.0 Å². The second-order valence-corrected chi connectivity index (χ2v) is 5.95. The highest BCUT2D eigenvalue weighted by Gasteiger charge is 2.27. The molecule has 5 N–H and O–H groups in total. The van der Waals surface area contributed by atoms with Crippen LogP contribution in [0.1, 0.15) is 23.9 Å². The number of hydrogen-bond acceptors (Lipinski definition) is 7. The molecule has 120 valence electrons. The van der Waals surface area contributed by atoms with E-state index in [0.717, 1.165) is 31.9 Å². The van der Waals surface area contributed by atoms with E-state index >= 15 is 0 Å². The SMILES string of the molecule is Cn1nccc1CN1CCC(c2nc3nc(N)nc(N)c3[nH]2)C1. The Kier molecular flexibility index (Phi) is 3.15. The predicted molar refractivity (Wildman–Crippen MR) is 86.4 cm³/mol. The number of nitrogen functional groups attached to an aromatic ring is 2. The van der Waals surface area contributed by atoms with Gasteiger partial charge in [0.1, 0.15) is 11.3 Å². The number of aromatic amines is 1. The molecule has 1 atom stereocenters. The van der Waals surface area contributed by atoms with Gasteiger partial charge in [-0.25, -0.2) is 4.98 Å². The first-order valence-electron chi connectivity index (χ1n) is 7.58. The van der Waals surface area contributed by atoms with Crippen LogP contribution in [0.5, 0.6) is 0 Å². The summed E-state index contributed by atoms with van der Waals surface area (Å²) in [5.41, 5.74) is 13.9. The Morgan fingerprint density at radius 1 is 1.30 bits per heavy atom. The zero-order valence-electron chi connectivity index (χ0n) is 12.9. The molecule has 9 heteroatoms. The van der Waals surface area contributed by atoms with E-state index in [0.29, 0.717) is 22.9 Å². The average molecular weight is 313 g/mol. The van der Waals surface area contributed by atoms with Crippen LogP contribution in [0.15, 0.2) is 12.3 Å². The molecule has 9 nitrogen and oxygen atoms in total. The Labute approximate surface area is 132 Å². The lowest BCUT2D eigenvalue weighted by Gasteiger charge is -2.15. The van der Waals surface area contributed by atoms with Gasteiger partial charge >= 0.3 is 0 Å². The van der Waals surface area contributed by atoms with E-state index in [1.165, 1.54) is 5.69 Å². The molecular weight excluding hydrogens is 294 g/mol. The lowest BCUT2D eigenvalue weighted by atomic mass is 10.1. The van der Waals surface area contributed by atoms with Crippen LogP contribution in [-0.4, -0.2) is 47.7 Å². The van der Waals surface area contributed by atoms with E-state index in [1.54, 1.807) is 0 Å². The molecule has 23 heavy (non-hydrogen) atoms. The molecule has 0 amide bonds. The molecule has 4 heterocycles. The summed E-state index contributed by atoms with van der Waals surface area (Å²) in [5, 5.41) is 4.21. The van der Waals surface area contributed by atoms with Crippen molar-refractivity contribution in [2.24, 2.45) is 7.05 Å². The quantitative estimate of drug-likeness (QED) is 0.632. The van der Waals surface area contributed by atoms with Gasteiger partial charge in [-0.2, -0.15) is 15.1 Å². The third-order valence-corrected chi connectivity index (χ3v) is 4.38. The van der Waals surface area contributed by atoms with Crippen molar-refractivity contribution in [3.05, 3.63) is 23.8 Å². The summed E-state index contributed by atoms with van der Waals surface area (Å²) in [6, 6.07) is 2.05. The number of likely N-dealkylation sites (tertiary alicyclic amines) is 1. The number of rotatable bonds is 3. The summed E-state index contributed by atoms with van der Waals surface area (Å²) >= 11 is 0. The number of aromatic nitrogens is 6.